The zero-order valence-corrected chi connectivity index (χ0v) is 13.4. The minimum atomic E-state index is -0.593. The number of hydrogen-bond donors (Lipinski definition) is 0. The van der Waals surface area contributed by atoms with E-state index in [1.54, 1.807) is 12.1 Å². The Morgan fingerprint density at radius 2 is 1.62 bits per heavy atom. The second kappa shape index (κ2) is 7.32. The van der Waals surface area contributed by atoms with Crippen LogP contribution in [0.2, 0.25) is 0 Å². The summed E-state index contributed by atoms with van der Waals surface area (Å²) in [6.45, 7) is 0. The minimum absolute atomic E-state index is 0.0251. The van der Waals surface area contributed by atoms with Crippen molar-refractivity contribution in [3.05, 3.63) is 69.4 Å². The number of alkyl halides is 1. The molecule has 0 radical (unpaired) electrons. The Balaban J connectivity index is 2.16. The van der Waals surface area contributed by atoms with Gasteiger partial charge in [-0.3, -0.25) is 0 Å². The Labute approximate surface area is 135 Å². The largest absolute Gasteiger partial charge is 0.207 e. The topological polar surface area (TPSA) is 0 Å². The number of halogens is 5. The van der Waals surface area contributed by atoms with Gasteiger partial charge in [-0.15, -0.1) is 11.6 Å². The van der Waals surface area contributed by atoms with Gasteiger partial charge in [0.2, 0.25) is 0 Å². The molecule has 5 heteroatoms. The van der Waals surface area contributed by atoms with Crippen molar-refractivity contribution in [3.8, 4) is 0 Å². The van der Waals surface area contributed by atoms with Crippen molar-refractivity contribution < 1.29 is 13.2 Å². The van der Waals surface area contributed by atoms with Gasteiger partial charge in [-0.1, -0.05) is 12.1 Å². The molecule has 0 heterocycles. The van der Waals surface area contributed by atoms with Crippen LogP contribution in [0.15, 0.2) is 40.9 Å². The van der Waals surface area contributed by atoms with Crippen molar-refractivity contribution in [3.63, 3.8) is 0 Å². The van der Waals surface area contributed by atoms with Crippen molar-refractivity contribution in [1.82, 2.24) is 0 Å². The molecule has 2 aromatic carbocycles. The maximum Gasteiger partial charge on any atom is 0.143 e. The molecule has 112 valence electrons. The summed E-state index contributed by atoms with van der Waals surface area (Å²) < 4.78 is 40.8. The molecule has 0 aliphatic rings. The molecule has 0 fully saturated rings. The summed E-state index contributed by atoms with van der Waals surface area (Å²) >= 11 is 8.96. The molecule has 0 saturated heterocycles. The molecule has 0 saturated carbocycles. The van der Waals surface area contributed by atoms with E-state index in [4.69, 9.17) is 11.6 Å². The van der Waals surface area contributed by atoms with Crippen molar-refractivity contribution in [2.45, 2.75) is 12.8 Å². The number of rotatable bonds is 5. The fourth-order valence-corrected chi connectivity index (χ4v) is 2.77. The van der Waals surface area contributed by atoms with Gasteiger partial charge in [-0.25, -0.2) is 13.2 Å². The first-order chi connectivity index (χ1) is 10.0. The van der Waals surface area contributed by atoms with E-state index < -0.39 is 11.6 Å². The predicted molar refractivity (Wildman–Crippen MR) is 82.1 cm³/mol. The van der Waals surface area contributed by atoms with Crippen LogP contribution in [-0.2, 0) is 12.8 Å². The zero-order valence-electron chi connectivity index (χ0n) is 11.1. The Bertz CT molecular complexity index is 614. The molecule has 0 amide bonds. The van der Waals surface area contributed by atoms with E-state index in [1.807, 2.05) is 0 Å². The monoisotopic (exact) mass is 376 g/mol. The maximum absolute atomic E-state index is 14.0. The van der Waals surface area contributed by atoms with Gasteiger partial charge >= 0.3 is 0 Å². The highest BCUT2D eigenvalue weighted by atomic mass is 79.9. The fraction of sp³-hybridized carbons (Fsp3) is 0.250. The van der Waals surface area contributed by atoms with E-state index in [0.29, 0.717) is 6.42 Å². The van der Waals surface area contributed by atoms with E-state index in [-0.39, 0.29) is 34.1 Å². The van der Waals surface area contributed by atoms with Crippen LogP contribution in [0.3, 0.4) is 0 Å². The number of hydrogen-bond acceptors (Lipinski definition) is 0. The second-order valence-electron chi connectivity index (χ2n) is 4.88. The van der Waals surface area contributed by atoms with Crippen LogP contribution < -0.4 is 0 Å². The molecular weight excluding hydrogens is 365 g/mol. The highest BCUT2D eigenvalue weighted by Gasteiger charge is 2.18. The van der Waals surface area contributed by atoms with Crippen LogP contribution >= 0.6 is 27.5 Å². The Hall–Kier alpha value is -1.00. The Kier molecular flexibility index (Phi) is 5.71. The molecule has 1 atom stereocenters. The molecule has 0 nitrogen and oxygen atoms in total. The van der Waals surface area contributed by atoms with Gasteiger partial charge in [0.15, 0.2) is 0 Å². The first kappa shape index (κ1) is 16.4. The Morgan fingerprint density at radius 3 is 2.24 bits per heavy atom. The zero-order chi connectivity index (χ0) is 15.4. The summed E-state index contributed by atoms with van der Waals surface area (Å²) in [4.78, 5) is 0. The smallest absolute Gasteiger partial charge is 0.143 e. The highest BCUT2D eigenvalue weighted by Crippen LogP contribution is 2.25. The van der Waals surface area contributed by atoms with Crippen molar-refractivity contribution in [1.29, 1.82) is 0 Å². The molecule has 2 rings (SSSR count). The van der Waals surface area contributed by atoms with Gasteiger partial charge < -0.3 is 0 Å². The molecule has 21 heavy (non-hydrogen) atoms. The van der Waals surface area contributed by atoms with E-state index in [1.165, 1.54) is 24.3 Å². The quantitative estimate of drug-likeness (QED) is 0.476. The molecule has 0 N–H and O–H groups in total. The predicted octanol–water partition coefficient (Wildman–Crippen LogP) is 5.51. The van der Waals surface area contributed by atoms with Crippen LogP contribution in [0.5, 0.6) is 0 Å². The molecule has 0 aliphatic carbocycles. The number of benzene rings is 2. The first-order valence-corrected chi connectivity index (χ1v) is 7.76. The second-order valence-corrected chi connectivity index (χ2v) is 6.04. The molecular formula is C16H13BrClF3. The standard InChI is InChI=1S/C16H13BrClF3/c17-14-5-6-15(20)13(16(14)21)8-11(9-18)7-10-1-3-12(19)4-2-10/h1-6,11H,7-9H2. The fourth-order valence-electron chi connectivity index (χ4n) is 2.18. The molecule has 0 bridgehead atoms. The van der Waals surface area contributed by atoms with Gasteiger partial charge in [0.25, 0.3) is 0 Å². The van der Waals surface area contributed by atoms with E-state index in [2.05, 4.69) is 15.9 Å². The summed E-state index contributed by atoms with van der Waals surface area (Å²) in [5, 5.41) is 0. The lowest BCUT2D eigenvalue weighted by molar-refractivity contribution is 0.505. The van der Waals surface area contributed by atoms with Gasteiger partial charge in [-0.2, -0.15) is 0 Å². The van der Waals surface area contributed by atoms with Crippen LogP contribution in [0.25, 0.3) is 0 Å². The maximum atomic E-state index is 14.0. The summed E-state index contributed by atoms with van der Waals surface area (Å²) in [7, 11) is 0. The van der Waals surface area contributed by atoms with Gasteiger partial charge in [0, 0.05) is 11.4 Å². The lowest BCUT2D eigenvalue weighted by atomic mass is 9.93. The van der Waals surface area contributed by atoms with Gasteiger partial charge in [0.1, 0.15) is 17.5 Å². The third-order valence-corrected chi connectivity index (χ3v) is 4.34. The lowest BCUT2D eigenvalue weighted by Gasteiger charge is -2.15. The van der Waals surface area contributed by atoms with E-state index >= 15 is 0 Å². The Morgan fingerprint density at radius 1 is 0.952 bits per heavy atom. The third kappa shape index (κ3) is 4.24. The summed E-state index contributed by atoms with van der Waals surface area (Å²) in [6, 6.07) is 8.60. The average molecular weight is 378 g/mol. The van der Waals surface area contributed by atoms with Crippen LogP contribution in [0.4, 0.5) is 13.2 Å². The summed E-state index contributed by atoms with van der Waals surface area (Å²) in [5.74, 6) is -1.35. The molecule has 0 aromatic heterocycles. The lowest BCUT2D eigenvalue weighted by Crippen LogP contribution is -2.13. The van der Waals surface area contributed by atoms with Crippen LogP contribution in [0, 0.1) is 23.4 Å². The van der Waals surface area contributed by atoms with Crippen molar-refractivity contribution >= 4 is 27.5 Å². The van der Waals surface area contributed by atoms with Crippen LogP contribution in [0.1, 0.15) is 11.1 Å². The molecule has 0 spiro atoms. The van der Waals surface area contributed by atoms with Crippen molar-refractivity contribution in [2.75, 3.05) is 5.88 Å². The molecule has 0 aliphatic heterocycles. The van der Waals surface area contributed by atoms with E-state index in [0.717, 1.165) is 5.56 Å². The first-order valence-electron chi connectivity index (χ1n) is 6.44. The average Bonchev–Trinajstić information content (AvgIpc) is 2.48. The summed E-state index contributed by atoms with van der Waals surface area (Å²) in [5.41, 5.74) is 0.912. The van der Waals surface area contributed by atoms with Gasteiger partial charge in [0.05, 0.1) is 4.47 Å². The van der Waals surface area contributed by atoms with Gasteiger partial charge in [-0.05, 0) is 64.5 Å². The SMILES string of the molecule is Fc1ccc(CC(CCl)Cc2c(F)ccc(Br)c2F)cc1. The molecule has 1 unspecified atom stereocenters. The van der Waals surface area contributed by atoms with E-state index in [9.17, 15) is 13.2 Å². The molecule has 2 aromatic rings. The normalized spacial score (nSPS) is 12.4. The minimum Gasteiger partial charge on any atom is -0.207 e. The van der Waals surface area contributed by atoms with Crippen LogP contribution in [-0.4, -0.2) is 5.88 Å². The third-order valence-electron chi connectivity index (χ3n) is 3.29. The summed E-state index contributed by atoms with van der Waals surface area (Å²) in [6.07, 6.45) is 0.729. The highest BCUT2D eigenvalue weighted by molar-refractivity contribution is 9.10. The van der Waals surface area contributed by atoms with Crippen molar-refractivity contribution in [2.24, 2.45) is 5.92 Å².